The molecule has 1 aliphatic carbocycles. The highest BCUT2D eigenvalue weighted by molar-refractivity contribution is 6.30. The minimum absolute atomic E-state index is 0.215. The van der Waals surface area contributed by atoms with Crippen LogP contribution in [-0.4, -0.2) is 61.8 Å². The van der Waals surface area contributed by atoms with E-state index in [1.807, 2.05) is 45.6 Å². The smallest absolute Gasteiger partial charge is 0.410 e. The van der Waals surface area contributed by atoms with Gasteiger partial charge in [0.1, 0.15) is 11.4 Å². The first kappa shape index (κ1) is 25.4. The van der Waals surface area contributed by atoms with Crippen LogP contribution in [0.25, 0.3) is 16.7 Å². The molecule has 0 radical (unpaired) electrons. The van der Waals surface area contributed by atoms with Crippen LogP contribution in [0.5, 0.6) is 0 Å². The Morgan fingerprint density at radius 2 is 1.95 bits per heavy atom. The normalized spacial score (nSPS) is 18.4. The van der Waals surface area contributed by atoms with Gasteiger partial charge in [-0.15, -0.1) is 0 Å². The van der Waals surface area contributed by atoms with Crippen LogP contribution in [0.15, 0.2) is 23.1 Å². The minimum Gasteiger partial charge on any atom is -0.444 e. The molecule has 0 N–H and O–H groups in total. The Hall–Kier alpha value is -3.27. The molecule has 0 spiro atoms. The Labute approximate surface area is 219 Å². The molecule has 4 heterocycles. The first-order valence-corrected chi connectivity index (χ1v) is 12.8. The Morgan fingerprint density at radius 1 is 1.22 bits per heavy atom. The average molecular weight is 529 g/mol. The zero-order chi connectivity index (χ0) is 26.6. The summed E-state index contributed by atoms with van der Waals surface area (Å²) in [6, 6.07) is 2.89. The van der Waals surface area contributed by atoms with E-state index in [9.17, 15) is 14.0 Å². The van der Waals surface area contributed by atoms with Crippen LogP contribution in [0, 0.1) is 12.7 Å². The fourth-order valence-corrected chi connectivity index (χ4v) is 4.92. The summed E-state index contributed by atoms with van der Waals surface area (Å²) in [5.74, 6) is -0.133. The number of anilines is 1. The Bertz CT molecular complexity index is 1450. The third-order valence-electron chi connectivity index (χ3n) is 6.65. The first-order valence-electron chi connectivity index (χ1n) is 12.4. The Kier molecular flexibility index (Phi) is 6.34. The molecule has 11 heteroatoms. The molecule has 1 saturated carbocycles. The number of rotatable bonds is 3. The summed E-state index contributed by atoms with van der Waals surface area (Å²) in [7, 11) is 0. The van der Waals surface area contributed by atoms with E-state index < -0.39 is 23.2 Å². The number of carbonyl (C=O) groups is 1. The first-order chi connectivity index (χ1) is 17.4. The zero-order valence-corrected chi connectivity index (χ0v) is 22.3. The highest BCUT2D eigenvalue weighted by Gasteiger charge is 2.34. The van der Waals surface area contributed by atoms with E-state index in [-0.39, 0.29) is 22.8 Å². The summed E-state index contributed by atoms with van der Waals surface area (Å²) >= 11 is 6.12. The van der Waals surface area contributed by atoms with Gasteiger partial charge in [-0.05, 0) is 65.2 Å². The van der Waals surface area contributed by atoms with Crippen LogP contribution in [0.4, 0.5) is 15.0 Å². The van der Waals surface area contributed by atoms with Gasteiger partial charge in [-0.3, -0.25) is 4.98 Å². The van der Waals surface area contributed by atoms with E-state index in [4.69, 9.17) is 16.3 Å². The lowest BCUT2D eigenvalue weighted by molar-refractivity contribution is 0.0218. The van der Waals surface area contributed by atoms with Crippen LogP contribution in [-0.2, 0) is 4.74 Å². The molecule has 0 aromatic carbocycles. The van der Waals surface area contributed by atoms with E-state index in [0.29, 0.717) is 36.5 Å². The van der Waals surface area contributed by atoms with Crippen molar-refractivity contribution in [3.05, 3.63) is 51.0 Å². The lowest BCUT2D eigenvalue weighted by atomic mass is 10.1. The predicted molar refractivity (Wildman–Crippen MR) is 139 cm³/mol. The van der Waals surface area contributed by atoms with Crippen molar-refractivity contribution >= 4 is 34.5 Å². The van der Waals surface area contributed by atoms with Gasteiger partial charge < -0.3 is 14.5 Å². The maximum atomic E-state index is 14.7. The molecular weight excluding hydrogens is 499 g/mol. The number of piperazine rings is 1. The summed E-state index contributed by atoms with van der Waals surface area (Å²) in [6.45, 7) is 10.4. The lowest BCUT2D eigenvalue weighted by Crippen LogP contribution is -2.55. The van der Waals surface area contributed by atoms with E-state index in [0.717, 1.165) is 24.1 Å². The number of hydrogen-bond donors (Lipinski definition) is 0. The monoisotopic (exact) mass is 528 g/mol. The molecule has 2 aliphatic rings. The van der Waals surface area contributed by atoms with Crippen molar-refractivity contribution in [2.45, 2.75) is 65.0 Å². The van der Waals surface area contributed by atoms with E-state index in [1.165, 1.54) is 10.6 Å². The fraction of sp³-hybridized carbons (Fsp3) is 0.500. The SMILES string of the molecule is Cc1ccnc(C2CC2)c1-n1c(=O)nc(N2CCN(C(=O)OC(C)(C)C)CC2C)c2cc(F)c(Cl)nc21. The lowest BCUT2D eigenvalue weighted by Gasteiger charge is -2.41. The summed E-state index contributed by atoms with van der Waals surface area (Å²) < 4.78 is 21.7. The molecule has 3 aromatic rings. The highest BCUT2D eigenvalue weighted by atomic mass is 35.5. The Balaban J connectivity index is 1.61. The molecule has 1 aliphatic heterocycles. The van der Waals surface area contributed by atoms with Crippen molar-refractivity contribution in [3.63, 3.8) is 0 Å². The number of ether oxygens (including phenoxy) is 1. The number of pyridine rings is 2. The third kappa shape index (κ3) is 4.86. The maximum absolute atomic E-state index is 14.7. The summed E-state index contributed by atoms with van der Waals surface area (Å²) in [5.41, 5.74) is 1.35. The van der Waals surface area contributed by atoms with Gasteiger partial charge >= 0.3 is 11.8 Å². The van der Waals surface area contributed by atoms with Crippen LogP contribution in [0.3, 0.4) is 0 Å². The molecule has 2 fully saturated rings. The number of nitrogens with zero attached hydrogens (tertiary/aromatic N) is 6. The minimum atomic E-state index is -0.701. The van der Waals surface area contributed by atoms with Crippen molar-refractivity contribution in [3.8, 4) is 5.69 Å². The second-order valence-electron chi connectivity index (χ2n) is 10.8. The van der Waals surface area contributed by atoms with E-state index >= 15 is 0 Å². The van der Waals surface area contributed by atoms with Crippen molar-refractivity contribution < 1.29 is 13.9 Å². The van der Waals surface area contributed by atoms with Gasteiger partial charge in [-0.25, -0.2) is 23.5 Å². The summed E-state index contributed by atoms with van der Waals surface area (Å²) in [6.07, 6.45) is 3.31. The predicted octanol–water partition coefficient (Wildman–Crippen LogP) is 4.60. The molecule has 9 nitrogen and oxygen atoms in total. The standard InChI is InChI=1S/C26H30ClFN6O3/c1-14-8-9-29-19(16-6-7-16)20(14)34-23-17(12-18(28)21(27)30-23)22(31-24(34)35)33-11-10-32(13-15(33)2)25(36)37-26(3,4)5/h8-9,12,15-16H,6-7,10-11,13H2,1-5H3. The van der Waals surface area contributed by atoms with Crippen LogP contribution < -0.4 is 10.6 Å². The average Bonchev–Trinajstić information content (AvgIpc) is 3.65. The molecule has 1 amide bonds. The van der Waals surface area contributed by atoms with Gasteiger partial charge in [0, 0.05) is 37.8 Å². The van der Waals surface area contributed by atoms with Gasteiger partial charge in [0.05, 0.1) is 16.8 Å². The molecular formula is C26H30ClFN6O3. The Morgan fingerprint density at radius 3 is 2.59 bits per heavy atom. The maximum Gasteiger partial charge on any atom is 0.410 e. The number of hydrogen-bond acceptors (Lipinski definition) is 7. The fourth-order valence-electron chi connectivity index (χ4n) is 4.79. The van der Waals surface area contributed by atoms with Crippen molar-refractivity contribution in [1.29, 1.82) is 0 Å². The third-order valence-corrected chi connectivity index (χ3v) is 6.92. The van der Waals surface area contributed by atoms with Gasteiger partial charge in [0.2, 0.25) is 0 Å². The van der Waals surface area contributed by atoms with Gasteiger partial charge in [-0.1, -0.05) is 11.6 Å². The molecule has 1 atom stereocenters. The molecule has 1 unspecified atom stereocenters. The van der Waals surface area contributed by atoms with Crippen LogP contribution in [0.2, 0.25) is 5.15 Å². The van der Waals surface area contributed by atoms with Crippen LogP contribution >= 0.6 is 11.6 Å². The topological polar surface area (TPSA) is 93.5 Å². The molecule has 37 heavy (non-hydrogen) atoms. The largest absolute Gasteiger partial charge is 0.444 e. The van der Waals surface area contributed by atoms with Gasteiger partial charge in [0.25, 0.3) is 0 Å². The van der Waals surface area contributed by atoms with Crippen molar-refractivity contribution in [2.24, 2.45) is 0 Å². The van der Waals surface area contributed by atoms with E-state index in [1.54, 1.807) is 11.1 Å². The number of aromatic nitrogens is 4. The second-order valence-corrected chi connectivity index (χ2v) is 11.1. The summed E-state index contributed by atoms with van der Waals surface area (Å²) in [4.78, 5) is 43.1. The quantitative estimate of drug-likeness (QED) is 0.459. The zero-order valence-electron chi connectivity index (χ0n) is 21.6. The van der Waals surface area contributed by atoms with Crippen LogP contribution in [0.1, 0.15) is 57.7 Å². The number of amides is 1. The number of fused-ring (bicyclic) bond motifs is 1. The molecule has 196 valence electrons. The highest BCUT2D eigenvalue weighted by Crippen LogP contribution is 2.42. The molecule has 0 bridgehead atoms. The van der Waals surface area contributed by atoms with Crippen molar-refractivity contribution in [1.82, 2.24) is 24.4 Å². The summed E-state index contributed by atoms with van der Waals surface area (Å²) in [5, 5.41) is 0.0409. The molecule has 3 aromatic heterocycles. The number of halogens is 2. The van der Waals surface area contributed by atoms with Gasteiger partial charge in [-0.2, -0.15) is 4.98 Å². The number of carbonyl (C=O) groups excluding carboxylic acids is 1. The van der Waals surface area contributed by atoms with E-state index in [2.05, 4.69) is 15.0 Å². The van der Waals surface area contributed by atoms with Gasteiger partial charge in [0.15, 0.2) is 16.6 Å². The van der Waals surface area contributed by atoms with Crippen molar-refractivity contribution in [2.75, 3.05) is 24.5 Å². The molecule has 1 saturated heterocycles. The number of aryl methyl sites for hydroxylation is 1. The second kappa shape index (κ2) is 9.24. The molecule has 5 rings (SSSR count).